The van der Waals surface area contributed by atoms with E-state index >= 15 is 0 Å². The van der Waals surface area contributed by atoms with Gasteiger partial charge >= 0.3 is 0 Å². The molecule has 6 heteroatoms. The van der Waals surface area contributed by atoms with Crippen molar-refractivity contribution in [3.05, 3.63) is 56.9 Å². The number of hydrogen-bond acceptors (Lipinski definition) is 4. The maximum Gasteiger partial charge on any atom is 0.222 e. The Morgan fingerprint density at radius 2 is 2.00 bits per heavy atom. The number of aryl methyl sites for hydroxylation is 2. The van der Waals surface area contributed by atoms with Gasteiger partial charge in [0.25, 0.3) is 0 Å². The molecule has 142 valence electrons. The van der Waals surface area contributed by atoms with Crippen molar-refractivity contribution in [3.63, 3.8) is 0 Å². The minimum Gasteiger partial charge on any atom is -0.493 e. The highest BCUT2D eigenvalue weighted by Gasteiger charge is 2.17. The van der Waals surface area contributed by atoms with Crippen molar-refractivity contribution < 1.29 is 9.84 Å². The molecule has 0 atom stereocenters. The van der Waals surface area contributed by atoms with Crippen molar-refractivity contribution in [2.45, 2.75) is 39.7 Å². The summed E-state index contributed by atoms with van der Waals surface area (Å²) >= 11 is 3.39. The summed E-state index contributed by atoms with van der Waals surface area (Å²) in [6.07, 6.45) is 0.692. The summed E-state index contributed by atoms with van der Waals surface area (Å²) in [6.45, 7) is 7.39. The second kappa shape index (κ2) is 8.13. The van der Waals surface area contributed by atoms with E-state index in [0.717, 1.165) is 21.3 Å². The smallest absolute Gasteiger partial charge is 0.222 e. The lowest BCUT2D eigenvalue weighted by atomic mass is 10.0. The second-order valence-corrected chi connectivity index (χ2v) is 7.89. The van der Waals surface area contributed by atoms with Crippen LogP contribution in [0, 0.1) is 11.8 Å². The number of nitrogens with zero attached hydrogens (tertiary/aromatic N) is 2. The SMILES string of the molecule is Cc1ccc(C(C)C)c(OCCCn2c(O)c(N=O)c3cc(Br)ccc32)c1. The number of fused-ring (bicyclic) bond motifs is 1. The second-order valence-electron chi connectivity index (χ2n) is 6.97. The molecule has 0 unspecified atom stereocenters. The van der Waals surface area contributed by atoms with Crippen LogP contribution >= 0.6 is 15.9 Å². The number of ether oxygens (including phenoxy) is 1. The van der Waals surface area contributed by atoms with Crippen LogP contribution in [0.4, 0.5) is 5.69 Å². The van der Waals surface area contributed by atoms with Crippen LogP contribution < -0.4 is 4.74 Å². The number of nitroso groups, excluding NO2 is 1. The van der Waals surface area contributed by atoms with Crippen molar-refractivity contribution in [1.29, 1.82) is 0 Å². The molecule has 0 aliphatic rings. The third kappa shape index (κ3) is 4.00. The molecule has 5 nitrogen and oxygen atoms in total. The summed E-state index contributed by atoms with van der Waals surface area (Å²) < 4.78 is 8.56. The Morgan fingerprint density at radius 1 is 1.22 bits per heavy atom. The van der Waals surface area contributed by atoms with E-state index in [2.05, 4.69) is 53.2 Å². The monoisotopic (exact) mass is 430 g/mol. The molecule has 2 aromatic carbocycles. The van der Waals surface area contributed by atoms with Gasteiger partial charge in [-0.3, -0.25) is 0 Å². The van der Waals surface area contributed by atoms with Crippen LogP contribution in [-0.4, -0.2) is 16.3 Å². The van der Waals surface area contributed by atoms with E-state index in [-0.39, 0.29) is 11.6 Å². The van der Waals surface area contributed by atoms with Crippen LogP contribution in [0.5, 0.6) is 11.6 Å². The molecule has 3 aromatic rings. The van der Waals surface area contributed by atoms with E-state index in [0.29, 0.717) is 30.9 Å². The zero-order valence-electron chi connectivity index (χ0n) is 15.7. The van der Waals surface area contributed by atoms with Gasteiger partial charge in [-0.25, -0.2) is 0 Å². The average molecular weight is 431 g/mol. The highest BCUT2D eigenvalue weighted by atomic mass is 79.9. The molecule has 0 aliphatic heterocycles. The van der Waals surface area contributed by atoms with E-state index in [4.69, 9.17) is 4.74 Å². The third-order valence-electron chi connectivity index (χ3n) is 4.64. The summed E-state index contributed by atoms with van der Waals surface area (Å²) in [6, 6.07) is 11.8. The van der Waals surface area contributed by atoms with E-state index < -0.39 is 0 Å². The van der Waals surface area contributed by atoms with Crippen LogP contribution in [-0.2, 0) is 6.54 Å². The lowest BCUT2D eigenvalue weighted by molar-refractivity contribution is 0.294. The Labute approximate surface area is 167 Å². The predicted molar refractivity (Wildman–Crippen MR) is 112 cm³/mol. The van der Waals surface area contributed by atoms with Gasteiger partial charge in [0.1, 0.15) is 5.75 Å². The lowest BCUT2D eigenvalue weighted by Gasteiger charge is -2.15. The molecule has 0 saturated heterocycles. The van der Waals surface area contributed by atoms with Gasteiger partial charge in [-0.05, 0) is 59.8 Å². The lowest BCUT2D eigenvalue weighted by Crippen LogP contribution is -2.06. The standard InChI is InChI=1S/C21H23BrN2O3/c1-13(2)16-7-5-14(3)11-19(16)27-10-4-9-24-18-8-6-15(22)12-17(18)20(23-26)21(24)25/h5-8,11-13,25H,4,9-10H2,1-3H3. The first kappa shape index (κ1) is 19.4. The number of benzene rings is 2. The van der Waals surface area contributed by atoms with Gasteiger partial charge in [-0.2, -0.15) is 0 Å². The van der Waals surface area contributed by atoms with Gasteiger partial charge in [0.05, 0.1) is 12.1 Å². The minimum absolute atomic E-state index is 0.0768. The topological polar surface area (TPSA) is 63.8 Å². The first-order chi connectivity index (χ1) is 12.9. The molecule has 0 bridgehead atoms. The van der Waals surface area contributed by atoms with Gasteiger partial charge in [-0.15, -0.1) is 4.91 Å². The first-order valence-corrected chi connectivity index (χ1v) is 9.79. The fourth-order valence-corrected chi connectivity index (χ4v) is 3.62. The minimum atomic E-state index is -0.100. The Hall–Kier alpha value is -2.34. The molecule has 0 saturated carbocycles. The molecule has 3 rings (SSSR count). The van der Waals surface area contributed by atoms with Crippen LogP contribution in [0.3, 0.4) is 0 Å². The van der Waals surface area contributed by atoms with E-state index in [1.54, 1.807) is 10.6 Å². The van der Waals surface area contributed by atoms with Crippen LogP contribution in [0.1, 0.15) is 37.3 Å². The molecule has 1 aromatic heterocycles. The van der Waals surface area contributed by atoms with Crippen molar-refractivity contribution in [2.75, 3.05) is 6.61 Å². The normalized spacial score (nSPS) is 11.3. The molecule has 1 N–H and O–H groups in total. The molecule has 0 fully saturated rings. The quantitative estimate of drug-likeness (QED) is 0.347. The highest BCUT2D eigenvalue weighted by molar-refractivity contribution is 9.10. The van der Waals surface area contributed by atoms with Gasteiger partial charge in [0.2, 0.25) is 5.88 Å². The average Bonchev–Trinajstić information content (AvgIpc) is 2.88. The molecular weight excluding hydrogens is 408 g/mol. The van der Waals surface area contributed by atoms with Crippen LogP contribution in [0.2, 0.25) is 0 Å². The molecule has 0 amide bonds. The van der Waals surface area contributed by atoms with Gasteiger partial charge in [0.15, 0.2) is 5.69 Å². The van der Waals surface area contributed by atoms with Crippen LogP contribution in [0.15, 0.2) is 46.0 Å². The van der Waals surface area contributed by atoms with Gasteiger partial charge in [0, 0.05) is 16.4 Å². The van der Waals surface area contributed by atoms with Crippen LogP contribution in [0.25, 0.3) is 10.9 Å². The number of aromatic hydroxyl groups is 1. The summed E-state index contributed by atoms with van der Waals surface area (Å²) in [5.41, 5.74) is 3.21. The summed E-state index contributed by atoms with van der Waals surface area (Å²) in [5, 5.41) is 14.0. The zero-order chi connectivity index (χ0) is 19.6. The molecule has 0 spiro atoms. The molecule has 0 radical (unpaired) electrons. The van der Waals surface area contributed by atoms with Gasteiger partial charge in [-0.1, -0.05) is 41.9 Å². The maximum absolute atomic E-state index is 11.2. The fraction of sp³-hybridized carbons (Fsp3) is 0.333. The molecular formula is C21H23BrN2O3. The summed E-state index contributed by atoms with van der Waals surface area (Å²) in [4.78, 5) is 11.2. The molecule has 1 heterocycles. The maximum atomic E-state index is 11.2. The predicted octanol–water partition coefficient (Wildman–Crippen LogP) is 6.41. The fourth-order valence-electron chi connectivity index (χ4n) is 3.26. The summed E-state index contributed by atoms with van der Waals surface area (Å²) in [7, 11) is 0. The molecule has 0 aliphatic carbocycles. The Bertz CT molecular complexity index is 979. The summed E-state index contributed by atoms with van der Waals surface area (Å²) in [5.74, 6) is 1.19. The van der Waals surface area contributed by atoms with Crippen molar-refractivity contribution in [1.82, 2.24) is 4.57 Å². The largest absolute Gasteiger partial charge is 0.493 e. The number of aromatic nitrogens is 1. The van der Waals surface area contributed by atoms with E-state index in [9.17, 15) is 10.0 Å². The Kier molecular flexibility index (Phi) is 5.85. The van der Waals surface area contributed by atoms with Crippen molar-refractivity contribution in [3.8, 4) is 11.6 Å². The number of rotatable bonds is 7. The Balaban J connectivity index is 1.75. The molecule has 27 heavy (non-hydrogen) atoms. The third-order valence-corrected chi connectivity index (χ3v) is 5.13. The van der Waals surface area contributed by atoms with E-state index in [1.165, 1.54) is 5.56 Å². The Morgan fingerprint density at radius 3 is 2.70 bits per heavy atom. The number of hydrogen-bond donors (Lipinski definition) is 1. The van der Waals surface area contributed by atoms with Crippen molar-refractivity contribution in [2.24, 2.45) is 5.18 Å². The van der Waals surface area contributed by atoms with Gasteiger partial charge < -0.3 is 14.4 Å². The van der Waals surface area contributed by atoms with E-state index in [1.807, 2.05) is 19.1 Å². The zero-order valence-corrected chi connectivity index (χ0v) is 17.3. The first-order valence-electron chi connectivity index (χ1n) is 8.99. The number of halogens is 1. The van der Waals surface area contributed by atoms with Crippen molar-refractivity contribution >= 4 is 32.5 Å². The highest BCUT2D eigenvalue weighted by Crippen LogP contribution is 2.39.